The van der Waals surface area contributed by atoms with Gasteiger partial charge in [0.2, 0.25) is 5.91 Å². The summed E-state index contributed by atoms with van der Waals surface area (Å²) in [7, 11) is 0. The van der Waals surface area contributed by atoms with Gasteiger partial charge in [0.05, 0.1) is 0 Å². The van der Waals surface area contributed by atoms with Gasteiger partial charge in [-0.05, 0) is 43.0 Å². The standard InChI is InChI=1S/C15H22ClN3O2S/c1-3-19(10-11-5-4-6-12(16)9-11)14(20)13(7-8-22-2)18-15(17)21/h4-6,9,13H,3,7-8,10H2,1-2H3,(H3,17,18,21). The molecule has 0 aliphatic carbocycles. The highest BCUT2D eigenvalue weighted by atomic mass is 35.5. The number of benzene rings is 1. The Bertz CT molecular complexity index is 513. The fourth-order valence-corrected chi connectivity index (χ4v) is 2.77. The first-order valence-electron chi connectivity index (χ1n) is 7.06. The monoisotopic (exact) mass is 343 g/mol. The topological polar surface area (TPSA) is 75.4 Å². The molecule has 1 aromatic rings. The average molecular weight is 344 g/mol. The molecule has 0 spiro atoms. The van der Waals surface area contributed by atoms with Crippen molar-refractivity contribution in [2.24, 2.45) is 5.73 Å². The molecule has 5 nitrogen and oxygen atoms in total. The Morgan fingerprint density at radius 3 is 2.73 bits per heavy atom. The van der Waals surface area contributed by atoms with Gasteiger partial charge in [-0.2, -0.15) is 11.8 Å². The number of nitrogens with one attached hydrogen (secondary N) is 1. The Kier molecular flexibility index (Phi) is 8.12. The lowest BCUT2D eigenvalue weighted by Crippen LogP contribution is -2.50. The lowest BCUT2D eigenvalue weighted by atomic mass is 10.1. The predicted molar refractivity (Wildman–Crippen MR) is 92.0 cm³/mol. The van der Waals surface area contributed by atoms with Crippen LogP contribution in [0.2, 0.25) is 5.02 Å². The average Bonchev–Trinajstić information content (AvgIpc) is 2.48. The van der Waals surface area contributed by atoms with Crippen LogP contribution in [0.25, 0.3) is 0 Å². The van der Waals surface area contributed by atoms with Gasteiger partial charge in [0, 0.05) is 18.1 Å². The van der Waals surface area contributed by atoms with Gasteiger partial charge in [0.15, 0.2) is 0 Å². The van der Waals surface area contributed by atoms with Crippen LogP contribution in [0.4, 0.5) is 4.79 Å². The molecule has 0 bridgehead atoms. The number of primary amides is 1. The Morgan fingerprint density at radius 2 is 2.18 bits per heavy atom. The molecule has 1 aromatic carbocycles. The number of carbonyl (C=O) groups excluding carboxylic acids is 2. The van der Waals surface area contributed by atoms with E-state index in [0.29, 0.717) is 24.5 Å². The summed E-state index contributed by atoms with van der Waals surface area (Å²) in [5, 5.41) is 3.17. The molecule has 0 radical (unpaired) electrons. The molecule has 0 fully saturated rings. The van der Waals surface area contributed by atoms with Gasteiger partial charge in [-0.25, -0.2) is 4.79 Å². The van der Waals surface area contributed by atoms with Gasteiger partial charge in [-0.15, -0.1) is 0 Å². The number of thioether (sulfide) groups is 1. The first-order valence-corrected chi connectivity index (χ1v) is 8.83. The first kappa shape index (κ1) is 18.6. The van der Waals surface area contributed by atoms with Crippen molar-refractivity contribution >= 4 is 35.3 Å². The Hall–Kier alpha value is -1.40. The van der Waals surface area contributed by atoms with E-state index in [0.717, 1.165) is 11.3 Å². The van der Waals surface area contributed by atoms with E-state index in [-0.39, 0.29) is 5.91 Å². The number of rotatable bonds is 8. The molecule has 0 aliphatic heterocycles. The van der Waals surface area contributed by atoms with Crippen LogP contribution in [0.3, 0.4) is 0 Å². The molecule has 0 saturated carbocycles. The van der Waals surface area contributed by atoms with Crippen LogP contribution in [0, 0.1) is 0 Å². The fraction of sp³-hybridized carbons (Fsp3) is 0.467. The highest BCUT2D eigenvalue weighted by Crippen LogP contribution is 2.14. The largest absolute Gasteiger partial charge is 0.352 e. The van der Waals surface area contributed by atoms with Gasteiger partial charge in [-0.1, -0.05) is 23.7 Å². The maximum atomic E-state index is 12.6. The second kappa shape index (κ2) is 9.58. The van der Waals surface area contributed by atoms with Crippen molar-refractivity contribution in [2.45, 2.75) is 25.9 Å². The zero-order valence-electron chi connectivity index (χ0n) is 12.8. The van der Waals surface area contributed by atoms with E-state index in [1.54, 1.807) is 22.7 Å². The van der Waals surface area contributed by atoms with E-state index < -0.39 is 12.1 Å². The molecule has 0 aliphatic rings. The van der Waals surface area contributed by atoms with Crippen LogP contribution < -0.4 is 11.1 Å². The molecule has 0 heterocycles. The van der Waals surface area contributed by atoms with Crippen molar-refractivity contribution in [3.8, 4) is 0 Å². The summed E-state index contributed by atoms with van der Waals surface area (Å²) in [5.41, 5.74) is 6.12. The number of hydrogen-bond acceptors (Lipinski definition) is 3. The molecule has 22 heavy (non-hydrogen) atoms. The quantitative estimate of drug-likeness (QED) is 0.761. The van der Waals surface area contributed by atoms with Crippen molar-refractivity contribution in [2.75, 3.05) is 18.6 Å². The van der Waals surface area contributed by atoms with Crippen molar-refractivity contribution in [3.05, 3.63) is 34.9 Å². The van der Waals surface area contributed by atoms with Crippen LogP contribution in [0.15, 0.2) is 24.3 Å². The third-order valence-electron chi connectivity index (χ3n) is 3.18. The van der Waals surface area contributed by atoms with Gasteiger partial charge >= 0.3 is 6.03 Å². The number of nitrogens with zero attached hydrogens (tertiary/aromatic N) is 1. The highest BCUT2D eigenvalue weighted by molar-refractivity contribution is 7.98. The molecule has 1 unspecified atom stereocenters. The van der Waals surface area contributed by atoms with Crippen LogP contribution >= 0.6 is 23.4 Å². The second-order valence-electron chi connectivity index (χ2n) is 4.82. The van der Waals surface area contributed by atoms with Crippen LogP contribution in [0.1, 0.15) is 18.9 Å². The van der Waals surface area contributed by atoms with Crippen LogP contribution in [0.5, 0.6) is 0 Å². The minimum Gasteiger partial charge on any atom is -0.352 e. The maximum absolute atomic E-state index is 12.6. The first-order chi connectivity index (χ1) is 10.5. The van der Waals surface area contributed by atoms with E-state index in [1.165, 1.54) is 0 Å². The third-order valence-corrected chi connectivity index (χ3v) is 4.06. The highest BCUT2D eigenvalue weighted by Gasteiger charge is 2.24. The van der Waals surface area contributed by atoms with Gasteiger partial charge in [-0.3, -0.25) is 4.79 Å². The van der Waals surface area contributed by atoms with Crippen molar-refractivity contribution in [1.82, 2.24) is 10.2 Å². The van der Waals surface area contributed by atoms with Crippen LogP contribution in [-0.2, 0) is 11.3 Å². The number of urea groups is 1. The number of hydrogen-bond donors (Lipinski definition) is 2. The molecule has 122 valence electrons. The number of carbonyl (C=O) groups is 2. The minimum atomic E-state index is -0.682. The summed E-state index contributed by atoms with van der Waals surface area (Å²) in [5.74, 6) is 0.640. The van der Waals surface area contributed by atoms with E-state index in [9.17, 15) is 9.59 Å². The van der Waals surface area contributed by atoms with Crippen LogP contribution in [-0.4, -0.2) is 41.4 Å². The SMILES string of the molecule is CCN(Cc1cccc(Cl)c1)C(=O)C(CCSC)NC(N)=O. The Labute approximate surface area is 140 Å². The van der Waals surface area contributed by atoms with Crippen molar-refractivity contribution < 1.29 is 9.59 Å². The normalized spacial score (nSPS) is 11.8. The van der Waals surface area contributed by atoms with Gasteiger partial charge in [0.25, 0.3) is 0 Å². The summed E-state index contributed by atoms with van der Waals surface area (Å²) in [4.78, 5) is 25.4. The van der Waals surface area contributed by atoms with E-state index in [4.69, 9.17) is 17.3 Å². The number of amides is 3. The van der Waals surface area contributed by atoms with E-state index in [2.05, 4.69) is 5.32 Å². The molecule has 1 rings (SSSR count). The molecule has 3 amide bonds. The molecule has 7 heteroatoms. The number of nitrogens with two attached hydrogens (primary N) is 1. The summed E-state index contributed by atoms with van der Waals surface area (Å²) < 4.78 is 0. The summed E-state index contributed by atoms with van der Waals surface area (Å²) in [6.07, 6.45) is 2.50. The van der Waals surface area contributed by atoms with Crippen molar-refractivity contribution in [1.29, 1.82) is 0 Å². The summed E-state index contributed by atoms with van der Waals surface area (Å²) in [6, 6.07) is 6.11. The zero-order chi connectivity index (χ0) is 16.5. The second-order valence-corrected chi connectivity index (χ2v) is 6.25. The molecular formula is C15H22ClN3O2S. The lowest BCUT2D eigenvalue weighted by Gasteiger charge is -2.26. The van der Waals surface area contributed by atoms with E-state index in [1.807, 2.05) is 31.4 Å². The number of halogens is 1. The fourth-order valence-electron chi connectivity index (χ4n) is 2.09. The van der Waals surface area contributed by atoms with Gasteiger partial charge < -0.3 is 16.0 Å². The summed E-state index contributed by atoms with van der Waals surface area (Å²) >= 11 is 7.59. The molecule has 1 atom stereocenters. The number of likely N-dealkylation sites (N-methyl/N-ethyl adjacent to an activating group) is 1. The third kappa shape index (κ3) is 6.15. The Morgan fingerprint density at radius 1 is 1.45 bits per heavy atom. The molecule has 0 saturated heterocycles. The maximum Gasteiger partial charge on any atom is 0.312 e. The predicted octanol–water partition coefficient (Wildman–Crippen LogP) is 2.48. The molecule has 3 N–H and O–H groups in total. The Balaban J connectivity index is 2.80. The molecular weight excluding hydrogens is 322 g/mol. The smallest absolute Gasteiger partial charge is 0.312 e. The minimum absolute atomic E-state index is 0.129. The van der Waals surface area contributed by atoms with Crippen molar-refractivity contribution in [3.63, 3.8) is 0 Å². The van der Waals surface area contributed by atoms with Gasteiger partial charge in [0.1, 0.15) is 6.04 Å². The lowest BCUT2D eigenvalue weighted by molar-refractivity contribution is -0.133. The zero-order valence-corrected chi connectivity index (χ0v) is 14.4. The summed E-state index contributed by atoms with van der Waals surface area (Å²) in [6.45, 7) is 2.89. The molecule has 0 aromatic heterocycles. The van der Waals surface area contributed by atoms with E-state index >= 15 is 0 Å².